The molecule has 3 rings (SSSR count). The van der Waals surface area contributed by atoms with Gasteiger partial charge >= 0.3 is 0 Å². The van der Waals surface area contributed by atoms with E-state index in [0.717, 1.165) is 12.8 Å². The van der Waals surface area contributed by atoms with Crippen molar-refractivity contribution in [2.45, 2.75) is 57.7 Å². The Hall–Kier alpha value is -1.82. The Labute approximate surface area is 149 Å². The van der Waals surface area contributed by atoms with Crippen LogP contribution in [0.1, 0.15) is 56.0 Å². The molecule has 2 aliphatic rings. The number of amides is 2. The van der Waals surface area contributed by atoms with E-state index in [9.17, 15) is 9.59 Å². The van der Waals surface area contributed by atoms with E-state index >= 15 is 0 Å². The number of ether oxygens (including phenoxy) is 1. The second kappa shape index (κ2) is 8.52. The smallest absolute Gasteiger partial charge is 0.289 e. The Morgan fingerprint density at radius 3 is 2.44 bits per heavy atom. The first-order valence-corrected chi connectivity index (χ1v) is 9.46. The number of nitrogens with zero attached hydrogens (tertiary/aromatic N) is 2. The normalized spacial score (nSPS) is 20.5. The van der Waals surface area contributed by atoms with Crippen molar-refractivity contribution in [3.63, 3.8) is 0 Å². The summed E-state index contributed by atoms with van der Waals surface area (Å²) in [5, 5.41) is 0. The van der Waals surface area contributed by atoms with Crippen LogP contribution >= 0.6 is 0 Å². The summed E-state index contributed by atoms with van der Waals surface area (Å²) in [6, 6.07) is 3.38. The first-order chi connectivity index (χ1) is 12.2. The Morgan fingerprint density at radius 1 is 1.16 bits per heavy atom. The van der Waals surface area contributed by atoms with Gasteiger partial charge in [0.1, 0.15) is 6.10 Å². The number of carbonyl (C=O) groups excluding carboxylic acids is 2. The van der Waals surface area contributed by atoms with Gasteiger partial charge in [-0.15, -0.1) is 0 Å². The molecule has 0 spiro atoms. The van der Waals surface area contributed by atoms with E-state index in [1.54, 1.807) is 17.0 Å². The molecular formula is C19H28N2O4. The van der Waals surface area contributed by atoms with Gasteiger partial charge in [-0.3, -0.25) is 9.59 Å². The van der Waals surface area contributed by atoms with Crippen molar-refractivity contribution >= 4 is 11.8 Å². The Kier molecular flexibility index (Phi) is 6.13. The molecule has 2 amide bonds. The third-order valence-electron chi connectivity index (χ3n) is 5.17. The molecule has 138 valence electrons. The molecule has 1 aromatic rings. The summed E-state index contributed by atoms with van der Waals surface area (Å²) in [7, 11) is 0. The van der Waals surface area contributed by atoms with Gasteiger partial charge in [-0.05, 0) is 31.4 Å². The van der Waals surface area contributed by atoms with Crippen LogP contribution in [0.4, 0.5) is 0 Å². The highest BCUT2D eigenvalue weighted by molar-refractivity contribution is 5.91. The molecule has 25 heavy (non-hydrogen) atoms. The predicted molar refractivity (Wildman–Crippen MR) is 93.2 cm³/mol. The first kappa shape index (κ1) is 18.0. The van der Waals surface area contributed by atoms with E-state index in [0.29, 0.717) is 38.4 Å². The van der Waals surface area contributed by atoms with E-state index in [4.69, 9.17) is 9.15 Å². The van der Waals surface area contributed by atoms with Crippen molar-refractivity contribution < 1.29 is 18.7 Å². The topological polar surface area (TPSA) is 63.0 Å². The van der Waals surface area contributed by atoms with Crippen LogP contribution in [0, 0.1) is 0 Å². The van der Waals surface area contributed by atoms with Gasteiger partial charge in [0.05, 0.1) is 12.4 Å². The van der Waals surface area contributed by atoms with Crippen LogP contribution in [0.25, 0.3) is 0 Å². The molecule has 2 heterocycles. The molecule has 0 bridgehead atoms. The molecule has 0 N–H and O–H groups in total. The van der Waals surface area contributed by atoms with E-state index in [1.807, 2.05) is 11.8 Å². The predicted octanol–water partition coefficient (Wildman–Crippen LogP) is 2.69. The van der Waals surface area contributed by atoms with Crippen LogP contribution in [-0.2, 0) is 9.53 Å². The van der Waals surface area contributed by atoms with Crippen molar-refractivity contribution in [2.75, 3.05) is 26.2 Å². The quantitative estimate of drug-likeness (QED) is 0.821. The van der Waals surface area contributed by atoms with E-state index in [2.05, 4.69) is 0 Å². The summed E-state index contributed by atoms with van der Waals surface area (Å²) in [6.45, 7) is 4.17. The van der Waals surface area contributed by atoms with Crippen LogP contribution in [0.5, 0.6) is 0 Å². The van der Waals surface area contributed by atoms with Crippen molar-refractivity contribution in [3.05, 3.63) is 24.2 Å². The lowest BCUT2D eigenvalue weighted by Gasteiger charge is -2.36. The highest BCUT2D eigenvalue weighted by atomic mass is 16.5. The molecule has 1 aliphatic carbocycles. The maximum absolute atomic E-state index is 12.8. The average Bonchev–Trinajstić information content (AvgIpc) is 3.21. The standard InChI is InChI=1S/C19H28N2O4/c1-2-16(25-15-7-4-3-5-8-15)18(22)20-10-12-21(13-11-20)19(23)17-9-6-14-24-17/h6,9,14-16H,2-5,7-8,10-13H2,1H3/t16-/m0/s1. The summed E-state index contributed by atoms with van der Waals surface area (Å²) >= 11 is 0. The number of furan rings is 1. The second-order valence-electron chi connectivity index (χ2n) is 6.89. The molecular weight excluding hydrogens is 320 g/mol. The molecule has 1 atom stereocenters. The van der Waals surface area contributed by atoms with Gasteiger partial charge in [0.15, 0.2) is 5.76 Å². The first-order valence-electron chi connectivity index (χ1n) is 9.46. The number of hydrogen-bond acceptors (Lipinski definition) is 4. The van der Waals surface area contributed by atoms with Crippen molar-refractivity contribution in [2.24, 2.45) is 0 Å². The fourth-order valence-electron chi connectivity index (χ4n) is 3.65. The fourth-order valence-corrected chi connectivity index (χ4v) is 3.65. The molecule has 0 radical (unpaired) electrons. The van der Waals surface area contributed by atoms with Crippen molar-refractivity contribution in [1.29, 1.82) is 0 Å². The molecule has 1 aliphatic heterocycles. The van der Waals surface area contributed by atoms with Gasteiger partial charge in [-0.1, -0.05) is 26.2 Å². The summed E-state index contributed by atoms with van der Waals surface area (Å²) in [5.41, 5.74) is 0. The largest absolute Gasteiger partial charge is 0.459 e. The Bertz CT molecular complexity index is 558. The number of piperazine rings is 1. The van der Waals surface area contributed by atoms with Crippen LogP contribution < -0.4 is 0 Å². The zero-order valence-electron chi connectivity index (χ0n) is 15.0. The lowest BCUT2D eigenvalue weighted by Crippen LogP contribution is -2.53. The Balaban J connectivity index is 1.50. The molecule has 1 saturated heterocycles. The van der Waals surface area contributed by atoms with Crippen LogP contribution in [0.15, 0.2) is 22.8 Å². The minimum absolute atomic E-state index is 0.0678. The highest BCUT2D eigenvalue weighted by Gasteiger charge is 2.31. The summed E-state index contributed by atoms with van der Waals surface area (Å²) in [5.74, 6) is 0.313. The third kappa shape index (κ3) is 4.42. The monoisotopic (exact) mass is 348 g/mol. The van der Waals surface area contributed by atoms with E-state index < -0.39 is 0 Å². The lowest BCUT2D eigenvalue weighted by atomic mass is 9.97. The third-order valence-corrected chi connectivity index (χ3v) is 5.17. The fraction of sp³-hybridized carbons (Fsp3) is 0.684. The highest BCUT2D eigenvalue weighted by Crippen LogP contribution is 2.23. The second-order valence-corrected chi connectivity index (χ2v) is 6.89. The number of hydrogen-bond donors (Lipinski definition) is 0. The lowest BCUT2D eigenvalue weighted by molar-refractivity contribution is -0.150. The molecule has 0 unspecified atom stereocenters. The molecule has 1 saturated carbocycles. The maximum atomic E-state index is 12.8. The van der Waals surface area contributed by atoms with Crippen molar-refractivity contribution in [3.8, 4) is 0 Å². The molecule has 6 nitrogen and oxygen atoms in total. The maximum Gasteiger partial charge on any atom is 0.289 e. The van der Waals surface area contributed by atoms with E-state index in [1.165, 1.54) is 25.5 Å². The summed E-state index contributed by atoms with van der Waals surface area (Å²) in [4.78, 5) is 28.7. The number of rotatable bonds is 5. The average molecular weight is 348 g/mol. The van der Waals surface area contributed by atoms with Gasteiger partial charge in [0.25, 0.3) is 11.8 Å². The molecule has 1 aromatic heterocycles. The molecule has 0 aromatic carbocycles. The van der Waals surface area contributed by atoms with Gasteiger partial charge in [-0.25, -0.2) is 0 Å². The zero-order chi connectivity index (χ0) is 17.6. The van der Waals surface area contributed by atoms with E-state index in [-0.39, 0.29) is 24.0 Å². The molecule has 6 heteroatoms. The van der Waals surface area contributed by atoms with Crippen LogP contribution in [0.3, 0.4) is 0 Å². The van der Waals surface area contributed by atoms with Crippen LogP contribution in [-0.4, -0.2) is 60.0 Å². The summed E-state index contributed by atoms with van der Waals surface area (Å²) in [6.07, 6.45) is 7.87. The minimum atomic E-state index is -0.351. The van der Waals surface area contributed by atoms with Gasteiger partial charge < -0.3 is 19.0 Å². The summed E-state index contributed by atoms with van der Waals surface area (Å²) < 4.78 is 11.3. The van der Waals surface area contributed by atoms with Gasteiger partial charge in [0, 0.05) is 26.2 Å². The molecule has 2 fully saturated rings. The SMILES string of the molecule is CC[C@H](OC1CCCCC1)C(=O)N1CCN(C(=O)c2ccco2)CC1. The van der Waals surface area contributed by atoms with Crippen LogP contribution in [0.2, 0.25) is 0 Å². The van der Waals surface area contributed by atoms with Gasteiger partial charge in [-0.2, -0.15) is 0 Å². The van der Waals surface area contributed by atoms with Crippen molar-refractivity contribution in [1.82, 2.24) is 9.80 Å². The number of carbonyl (C=O) groups is 2. The minimum Gasteiger partial charge on any atom is -0.459 e. The zero-order valence-corrected chi connectivity index (χ0v) is 15.0. The van der Waals surface area contributed by atoms with Gasteiger partial charge in [0.2, 0.25) is 0 Å². The Morgan fingerprint density at radius 2 is 1.84 bits per heavy atom.